The maximum Gasteiger partial charge on any atom is 0.387 e. The second kappa shape index (κ2) is 11.0. The maximum atomic E-state index is 12.7. The number of para-hydroxylation sites is 1. The predicted molar refractivity (Wildman–Crippen MR) is 124 cm³/mol. The Kier molecular flexibility index (Phi) is 8.12. The highest BCUT2D eigenvalue weighted by Gasteiger charge is 2.32. The van der Waals surface area contributed by atoms with E-state index in [9.17, 15) is 23.2 Å². The van der Waals surface area contributed by atoms with Crippen LogP contribution in [-0.4, -0.2) is 45.3 Å². The fraction of sp³-hybridized carbons (Fsp3) is 0.182. The van der Waals surface area contributed by atoms with Crippen molar-refractivity contribution in [3.63, 3.8) is 0 Å². The Morgan fingerprint density at radius 3 is 2.55 bits per heavy atom. The average molecular weight is 493 g/mol. The fourth-order valence-electron chi connectivity index (χ4n) is 2.95. The number of rotatable bonds is 9. The molecule has 3 rings (SSSR count). The van der Waals surface area contributed by atoms with Gasteiger partial charge < -0.3 is 15.2 Å². The van der Waals surface area contributed by atoms with Crippen LogP contribution >= 0.6 is 24.0 Å². The molecule has 0 unspecified atom stereocenters. The Balaban J connectivity index is 1.55. The van der Waals surface area contributed by atoms with Crippen molar-refractivity contribution in [2.75, 3.05) is 11.9 Å². The Hall–Kier alpha value is -3.31. The monoisotopic (exact) mass is 492 g/mol. The van der Waals surface area contributed by atoms with Crippen molar-refractivity contribution in [2.24, 2.45) is 0 Å². The summed E-state index contributed by atoms with van der Waals surface area (Å²) in [5, 5.41) is 11.6. The molecule has 0 radical (unpaired) electrons. The standard InChI is InChI=1S/C22H18F2N2O5S2/c23-21(24)31-16-5-2-1-4-14(16)12-17-19(28)26(22(32)33-17)11-3-6-18(27)25-15-9-7-13(8-10-15)20(29)30/h1-2,4-5,7-10,12,21H,3,6,11H2,(H,25,27)(H,29,30)/b17-12-. The molecule has 0 bridgehead atoms. The number of nitrogens with zero attached hydrogens (tertiary/aromatic N) is 1. The number of hydrogen-bond acceptors (Lipinski definition) is 6. The number of carbonyl (C=O) groups is 3. The normalized spacial score (nSPS) is 14.8. The zero-order chi connectivity index (χ0) is 24.0. The molecule has 2 aromatic rings. The molecule has 1 fully saturated rings. The highest BCUT2D eigenvalue weighted by Crippen LogP contribution is 2.34. The molecule has 1 saturated heterocycles. The third-order valence-electron chi connectivity index (χ3n) is 4.50. The summed E-state index contributed by atoms with van der Waals surface area (Å²) in [4.78, 5) is 37.4. The van der Waals surface area contributed by atoms with E-state index in [4.69, 9.17) is 17.3 Å². The van der Waals surface area contributed by atoms with Crippen LogP contribution in [0.4, 0.5) is 14.5 Å². The Morgan fingerprint density at radius 1 is 1.18 bits per heavy atom. The van der Waals surface area contributed by atoms with E-state index in [0.717, 1.165) is 11.8 Å². The summed E-state index contributed by atoms with van der Waals surface area (Å²) in [6.45, 7) is -2.78. The molecular weight excluding hydrogens is 474 g/mol. The first-order valence-corrected chi connectivity index (χ1v) is 10.9. The number of anilines is 1. The number of carbonyl (C=O) groups excluding carboxylic acids is 2. The highest BCUT2D eigenvalue weighted by atomic mass is 32.2. The molecule has 7 nitrogen and oxygen atoms in total. The largest absolute Gasteiger partial charge is 0.478 e. The first-order valence-electron chi connectivity index (χ1n) is 9.67. The van der Waals surface area contributed by atoms with Crippen molar-refractivity contribution >= 4 is 57.8 Å². The van der Waals surface area contributed by atoms with Crippen LogP contribution in [0.15, 0.2) is 53.4 Å². The number of carboxylic acid groups (broad SMARTS) is 1. The van der Waals surface area contributed by atoms with Gasteiger partial charge in [0.05, 0.1) is 10.5 Å². The smallest absolute Gasteiger partial charge is 0.387 e. The van der Waals surface area contributed by atoms with Gasteiger partial charge in [0.25, 0.3) is 5.91 Å². The number of thioether (sulfide) groups is 1. The van der Waals surface area contributed by atoms with Crippen LogP contribution < -0.4 is 10.1 Å². The summed E-state index contributed by atoms with van der Waals surface area (Å²) in [5.74, 6) is -1.78. The van der Waals surface area contributed by atoms with E-state index >= 15 is 0 Å². The van der Waals surface area contributed by atoms with Crippen molar-refractivity contribution in [3.8, 4) is 5.75 Å². The van der Waals surface area contributed by atoms with E-state index < -0.39 is 12.6 Å². The minimum atomic E-state index is -2.99. The Bertz CT molecular complexity index is 1110. The molecule has 1 aliphatic heterocycles. The third-order valence-corrected chi connectivity index (χ3v) is 5.87. The van der Waals surface area contributed by atoms with E-state index in [1.807, 2.05) is 0 Å². The number of carboxylic acids is 1. The summed E-state index contributed by atoms with van der Waals surface area (Å²) in [6.07, 6.45) is 1.90. The van der Waals surface area contributed by atoms with E-state index in [1.165, 1.54) is 41.3 Å². The van der Waals surface area contributed by atoms with Crippen LogP contribution in [0.3, 0.4) is 0 Å². The van der Waals surface area contributed by atoms with Gasteiger partial charge in [-0.2, -0.15) is 8.78 Å². The topological polar surface area (TPSA) is 95.9 Å². The summed E-state index contributed by atoms with van der Waals surface area (Å²) < 4.78 is 30.0. The molecular formula is C22H18F2N2O5S2. The van der Waals surface area contributed by atoms with E-state index in [2.05, 4.69) is 10.1 Å². The lowest BCUT2D eigenvalue weighted by Gasteiger charge is -2.14. The van der Waals surface area contributed by atoms with Crippen LogP contribution in [0, 0.1) is 0 Å². The van der Waals surface area contributed by atoms with Gasteiger partial charge in [0.15, 0.2) is 0 Å². The molecule has 0 aromatic heterocycles. The lowest BCUT2D eigenvalue weighted by molar-refractivity contribution is -0.122. The van der Waals surface area contributed by atoms with Crippen molar-refractivity contribution in [1.29, 1.82) is 0 Å². The average Bonchev–Trinajstić information content (AvgIpc) is 3.02. The summed E-state index contributed by atoms with van der Waals surface area (Å²) in [6, 6.07) is 11.9. The van der Waals surface area contributed by atoms with Crippen molar-refractivity contribution in [2.45, 2.75) is 19.5 Å². The SMILES string of the molecule is O=C(CCCN1C(=O)/C(=C/c2ccccc2OC(F)F)SC1=S)Nc1ccc(C(=O)O)cc1. The fourth-order valence-corrected chi connectivity index (χ4v) is 4.25. The number of nitrogens with one attached hydrogen (secondary N) is 1. The highest BCUT2D eigenvalue weighted by molar-refractivity contribution is 8.26. The maximum absolute atomic E-state index is 12.7. The Morgan fingerprint density at radius 2 is 1.88 bits per heavy atom. The van der Waals surface area contributed by atoms with Gasteiger partial charge in [-0.1, -0.05) is 42.2 Å². The molecule has 0 atom stereocenters. The van der Waals surface area contributed by atoms with Crippen molar-refractivity contribution in [1.82, 2.24) is 4.90 Å². The summed E-state index contributed by atoms with van der Waals surface area (Å²) in [7, 11) is 0. The summed E-state index contributed by atoms with van der Waals surface area (Å²) in [5.41, 5.74) is 0.897. The van der Waals surface area contributed by atoms with Gasteiger partial charge in [-0.25, -0.2) is 4.79 Å². The van der Waals surface area contributed by atoms with Crippen LogP contribution in [0.5, 0.6) is 5.75 Å². The van der Waals surface area contributed by atoms with Gasteiger partial charge >= 0.3 is 12.6 Å². The number of benzene rings is 2. The van der Waals surface area contributed by atoms with Gasteiger partial charge in [0.2, 0.25) is 5.91 Å². The number of hydrogen-bond donors (Lipinski definition) is 2. The summed E-state index contributed by atoms with van der Waals surface area (Å²) >= 11 is 6.30. The molecule has 2 aromatic carbocycles. The minimum Gasteiger partial charge on any atom is -0.478 e. The molecule has 11 heteroatoms. The molecule has 0 saturated carbocycles. The lowest BCUT2D eigenvalue weighted by Crippen LogP contribution is -2.29. The van der Waals surface area contributed by atoms with Crippen molar-refractivity contribution < 1.29 is 33.0 Å². The van der Waals surface area contributed by atoms with Crippen LogP contribution in [0.25, 0.3) is 6.08 Å². The van der Waals surface area contributed by atoms with Gasteiger partial charge in [-0.15, -0.1) is 0 Å². The molecule has 2 N–H and O–H groups in total. The molecule has 0 aliphatic carbocycles. The molecule has 172 valence electrons. The number of aromatic carboxylic acids is 1. The number of halogens is 2. The van der Waals surface area contributed by atoms with Gasteiger partial charge in [-0.3, -0.25) is 14.5 Å². The minimum absolute atomic E-state index is 0.0502. The predicted octanol–water partition coefficient (Wildman–Crippen LogP) is 4.61. The van der Waals surface area contributed by atoms with Crippen LogP contribution in [0.2, 0.25) is 0 Å². The first kappa shape index (κ1) is 24.3. The third kappa shape index (κ3) is 6.59. The van der Waals surface area contributed by atoms with E-state index in [-0.39, 0.29) is 41.0 Å². The van der Waals surface area contributed by atoms with Crippen LogP contribution in [-0.2, 0) is 9.59 Å². The zero-order valence-corrected chi connectivity index (χ0v) is 18.6. The number of ether oxygens (including phenoxy) is 1. The van der Waals surface area contributed by atoms with Crippen molar-refractivity contribution in [3.05, 3.63) is 64.6 Å². The van der Waals surface area contributed by atoms with Crippen LogP contribution in [0.1, 0.15) is 28.8 Å². The van der Waals surface area contributed by atoms with Gasteiger partial charge in [0.1, 0.15) is 10.1 Å². The molecule has 0 spiro atoms. The van der Waals surface area contributed by atoms with E-state index in [1.54, 1.807) is 18.2 Å². The Labute approximate surface area is 197 Å². The number of amides is 2. The van der Waals surface area contributed by atoms with Gasteiger partial charge in [0, 0.05) is 24.2 Å². The van der Waals surface area contributed by atoms with E-state index in [0.29, 0.717) is 22.0 Å². The first-order chi connectivity index (χ1) is 15.7. The quantitative estimate of drug-likeness (QED) is 0.390. The molecule has 33 heavy (non-hydrogen) atoms. The second-order valence-electron chi connectivity index (χ2n) is 6.78. The molecule has 1 aliphatic rings. The molecule has 2 amide bonds. The van der Waals surface area contributed by atoms with Gasteiger partial charge in [-0.05, 0) is 42.8 Å². The zero-order valence-electron chi connectivity index (χ0n) is 17.0. The number of thiocarbonyl (C=S) groups is 1. The second-order valence-corrected chi connectivity index (χ2v) is 8.46. The number of alkyl halides is 2. The lowest BCUT2D eigenvalue weighted by atomic mass is 10.2. The molecule has 1 heterocycles.